The maximum absolute atomic E-state index is 12.3. The molecule has 0 aliphatic heterocycles. The Morgan fingerprint density at radius 1 is 1.13 bits per heavy atom. The molecule has 0 atom stereocenters. The molecule has 3 rings (SSSR count). The Balaban J connectivity index is 1.74. The zero-order chi connectivity index (χ0) is 16.2. The van der Waals surface area contributed by atoms with Gasteiger partial charge in [0.15, 0.2) is 0 Å². The fourth-order valence-corrected chi connectivity index (χ4v) is 2.49. The van der Waals surface area contributed by atoms with Crippen molar-refractivity contribution in [3.05, 3.63) is 70.3 Å². The van der Waals surface area contributed by atoms with Gasteiger partial charge >= 0.3 is 0 Å². The van der Waals surface area contributed by atoms with Crippen molar-refractivity contribution in [3.8, 4) is 11.3 Å². The highest BCUT2D eigenvalue weighted by Crippen LogP contribution is 2.21. The second-order valence-corrected chi connectivity index (χ2v) is 6.09. The molecule has 0 fully saturated rings. The average molecular weight is 370 g/mol. The third kappa shape index (κ3) is 3.68. The fraction of sp³-hybridized carbons (Fsp3) is 0.111. The predicted molar refractivity (Wildman–Crippen MR) is 95.5 cm³/mol. The quantitative estimate of drug-likeness (QED) is 0.702. The molecule has 2 N–H and O–H groups in total. The Kier molecular flexibility index (Phi) is 4.57. The third-order valence-corrected chi connectivity index (χ3v) is 4.11. The van der Waals surface area contributed by atoms with Gasteiger partial charge in [-0.1, -0.05) is 47.1 Å². The standard InChI is InChI=1S/C18H16BrN3O/c1-2-12-3-9-15(10-4-12)20-18(23)17-11-16(21-22-17)13-5-7-14(19)8-6-13/h3-11H,2H2,1H3,(H,20,23)(H,21,22). The lowest BCUT2D eigenvalue weighted by molar-refractivity contribution is 0.102. The number of carbonyl (C=O) groups excluding carboxylic acids is 1. The second kappa shape index (κ2) is 6.79. The lowest BCUT2D eigenvalue weighted by Gasteiger charge is -2.04. The molecule has 0 bridgehead atoms. The van der Waals surface area contributed by atoms with Crippen molar-refractivity contribution < 1.29 is 4.79 Å². The van der Waals surface area contributed by atoms with E-state index in [1.807, 2.05) is 48.5 Å². The SMILES string of the molecule is CCc1ccc(NC(=O)c2cc(-c3ccc(Br)cc3)n[nH]2)cc1. The molecule has 23 heavy (non-hydrogen) atoms. The van der Waals surface area contributed by atoms with E-state index in [2.05, 4.69) is 38.4 Å². The van der Waals surface area contributed by atoms with Crippen LogP contribution in [0.2, 0.25) is 0 Å². The van der Waals surface area contributed by atoms with Crippen molar-refractivity contribution in [1.29, 1.82) is 0 Å². The van der Waals surface area contributed by atoms with Crippen LogP contribution in [0.5, 0.6) is 0 Å². The summed E-state index contributed by atoms with van der Waals surface area (Å²) in [4.78, 5) is 12.3. The van der Waals surface area contributed by atoms with E-state index in [4.69, 9.17) is 0 Å². The lowest BCUT2D eigenvalue weighted by Crippen LogP contribution is -2.12. The van der Waals surface area contributed by atoms with Crippen molar-refractivity contribution in [3.63, 3.8) is 0 Å². The number of benzene rings is 2. The molecule has 5 heteroatoms. The summed E-state index contributed by atoms with van der Waals surface area (Å²) in [5.41, 5.74) is 4.14. The Hall–Kier alpha value is -2.40. The molecule has 0 spiro atoms. The van der Waals surface area contributed by atoms with Crippen LogP contribution in [0, 0.1) is 0 Å². The highest BCUT2D eigenvalue weighted by molar-refractivity contribution is 9.10. The lowest BCUT2D eigenvalue weighted by atomic mass is 10.1. The van der Waals surface area contributed by atoms with Gasteiger partial charge in [0.2, 0.25) is 0 Å². The Morgan fingerprint density at radius 2 is 1.83 bits per heavy atom. The van der Waals surface area contributed by atoms with Gasteiger partial charge in [0, 0.05) is 15.7 Å². The van der Waals surface area contributed by atoms with Crippen molar-refractivity contribution in [1.82, 2.24) is 10.2 Å². The monoisotopic (exact) mass is 369 g/mol. The van der Waals surface area contributed by atoms with Crippen LogP contribution < -0.4 is 5.32 Å². The molecular formula is C18H16BrN3O. The first-order valence-corrected chi connectivity index (χ1v) is 8.16. The second-order valence-electron chi connectivity index (χ2n) is 5.18. The topological polar surface area (TPSA) is 57.8 Å². The normalized spacial score (nSPS) is 10.5. The maximum atomic E-state index is 12.3. The minimum absolute atomic E-state index is 0.204. The molecule has 1 heterocycles. The van der Waals surface area contributed by atoms with Gasteiger partial charge in [-0.15, -0.1) is 0 Å². The van der Waals surface area contributed by atoms with Crippen LogP contribution in [-0.4, -0.2) is 16.1 Å². The summed E-state index contributed by atoms with van der Waals surface area (Å²) < 4.78 is 1.00. The van der Waals surface area contributed by atoms with Crippen LogP contribution in [-0.2, 0) is 6.42 Å². The Bertz CT molecular complexity index is 807. The molecule has 0 aliphatic rings. The van der Waals surface area contributed by atoms with E-state index in [1.165, 1.54) is 5.56 Å². The highest BCUT2D eigenvalue weighted by atomic mass is 79.9. The molecule has 1 aromatic heterocycles. The Morgan fingerprint density at radius 3 is 2.48 bits per heavy atom. The van der Waals surface area contributed by atoms with Gasteiger partial charge in [-0.3, -0.25) is 9.89 Å². The summed E-state index contributed by atoms with van der Waals surface area (Å²) >= 11 is 3.40. The minimum atomic E-state index is -0.204. The van der Waals surface area contributed by atoms with Gasteiger partial charge in [-0.25, -0.2) is 0 Å². The first kappa shape index (κ1) is 15.5. The van der Waals surface area contributed by atoms with E-state index in [-0.39, 0.29) is 5.91 Å². The van der Waals surface area contributed by atoms with Gasteiger partial charge in [0.25, 0.3) is 5.91 Å². The number of aromatic nitrogens is 2. The van der Waals surface area contributed by atoms with E-state index in [1.54, 1.807) is 6.07 Å². The van der Waals surface area contributed by atoms with Crippen molar-refractivity contribution in [2.24, 2.45) is 0 Å². The number of aromatic amines is 1. The van der Waals surface area contributed by atoms with Crippen molar-refractivity contribution in [2.45, 2.75) is 13.3 Å². The number of hydrogen-bond acceptors (Lipinski definition) is 2. The smallest absolute Gasteiger partial charge is 0.273 e. The van der Waals surface area contributed by atoms with Crippen LogP contribution >= 0.6 is 15.9 Å². The van der Waals surface area contributed by atoms with E-state index < -0.39 is 0 Å². The zero-order valence-electron chi connectivity index (χ0n) is 12.6. The first-order chi connectivity index (χ1) is 11.2. The molecule has 3 aromatic rings. The molecule has 0 saturated carbocycles. The Labute approximate surface area is 143 Å². The van der Waals surface area contributed by atoms with Gasteiger partial charge in [0.1, 0.15) is 5.69 Å². The summed E-state index contributed by atoms with van der Waals surface area (Å²) in [6.45, 7) is 2.10. The van der Waals surface area contributed by atoms with E-state index in [9.17, 15) is 4.79 Å². The summed E-state index contributed by atoms with van der Waals surface area (Å²) in [5, 5.41) is 9.86. The molecular weight excluding hydrogens is 354 g/mol. The molecule has 1 amide bonds. The minimum Gasteiger partial charge on any atom is -0.321 e. The van der Waals surface area contributed by atoms with Crippen LogP contribution in [0.1, 0.15) is 23.0 Å². The summed E-state index contributed by atoms with van der Waals surface area (Å²) in [7, 11) is 0. The summed E-state index contributed by atoms with van der Waals surface area (Å²) in [5.74, 6) is -0.204. The number of rotatable bonds is 4. The van der Waals surface area contributed by atoms with Gasteiger partial charge in [-0.2, -0.15) is 5.10 Å². The molecule has 4 nitrogen and oxygen atoms in total. The number of carbonyl (C=O) groups is 1. The number of nitrogens with one attached hydrogen (secondary N) is 2. The number of amides is 1. The number of nitrogens with zero attached hydrogens (tertiary/aromatic N) is 1. The van der Waals surface area contributed by atoms with Crippen molar-refractivity contribution in [2.75, 3.05) is 5.32 Å². The van der Waals surface area contributed by atoms with Gasteiger partial charge < -0.3 is 5.32 Å². The molecule has 0 aliphatic carbocycles. The predicted octanol–water partition coefficient (Wildman–Crippen LogP) is 4.65. The number of hydrogen-bond donors (Lipinski definition) is 2. The summed E-state index contributed by atoms with van der Waals surface area (Å²) in [6.07, 6.45) is 0.978. The van der Waals surface area contributed by atoms with E-state index in [0.29, 0.717) is 5.69 Å². The zero-order valence-corrected chi connectivity index (χ0v) is 14.2. The number of aryl methyl sites for hydroxylation is 1. The number of halogens is 1. The van der Waals surface area contributed by atoms with Crippen molar-refractivity contribution >= 4 is 27.5 Å². The number of H-pyrrole nitrogens is 1. The molecule has 2 aromatic carbocycles. The largest absolute Gasteiger partial charge is 0.321 e. The molecule has 0 saturated heterocycles. The van der Waals surface area contributed by atoms with Crippen LogP contribution in [0.15, 0.2) is 59.1 Å². The fourth-order valence-electron chi connectivity index (χ4n) is 2.23. The van der Waals surface area contributed by atoms with Crippen LogP contribution in [0.3, 0.4) is 0 Å². The molecule has 116 valence electrons. The van der Waals surface area contributed by atoms with Gasteiger partial charge in [0.05, 0.1) is 5.69 Å². The molecule has 0 radical (unpaired) electrons. The van der Waals surface area contributed by atoms with E-state index >= 15 is 0 Å². The first-order valence-electron chi connectivity index (χ1n) is 7.37. The van der Waals surface area contributed by atoms with E-state index in [0.717, 1.165) is 27.8 Å². The summed E-state index contributed by atoms with van der Waals surface area (Å²) in [6, 6.07) is 17.4. The third-order valence-electron chi connectivity index (χ3n) is 3.58. The number of anilines is 1. The highest BCUT2D eigenvalue weighted by Gasteiger charge is 2.11. The van der Waals surface area contributed by atoms with Gasteiger partial charge in [-0.05, 0) is 42.3 Å². The van der Waals surface area contributed by atoms with Crippen LogP contribution in [0.4, 0.5) is 5.69 Å². The average Bonchev–Trinajstić information content (AvgIpc) is 3.06. The van der Waals surface area contributed by atoms with Crippen LogP contribution in [0.25, 0.3) is 11.3 Å². The maximum Gasteiger partial charge on any atom is 0.273 e. The molecule has 0 unspecified atom stereocenters.